The fourth-order valence-corrected chi connectivity index (χ4v) is 3.36. The standard InChI is InChI=1S/C20H25N5O3/c1-14-12-18(25-10-4-5-11-25)24-20(23-14)22-9-8-21-19(26)17-13-27-15-6-2-3-7-16(15)28-17/h2-3,6-7,12,17H,4-5,8-11,13H2,1H3,(H,21,26)(H,22,23,24). The molecule has 8 heteroatoms. The Morgan fingerprint density at radius 3 is 2.79 bits per heavy atom. The first-order chi connectivity index (χ1) is 13.7. The molecule has 1 unspecified atom stereocenters. The van der Waals surface area contributed by atoms with Gasteiger partial charge in [-0.05, 0) is 31.9 Å². The molecule has 1 saturated heterocycles. The molecule has 4 rings (SSSR count). The molecular formula is C20H25N5O3. The van der Waals surface area contributed by atoms with Gasteiger partial charge in [0, 0.05) is 37.9 Å². The van der Waals surface area contributed by atoms with Crippen LogP contribution in [0.5, 0.6) is 11.5 Å². The molecule has 8 nitrogen and oxygen atoms in total. The van der Waals surface area contributed by atoms with Gasteiger partial charge in [-0.2, -0.15) is 4.98 Å². The van der Waals surface area contributed by atoms with Crippen LogP contribution in [0.15, 0.2) is 30.3 Å². The number of para-hydroxylation sites is 2. The summed E-state index contributed by atoms with van der Waals surface area (Å²) in [6.07, 6.45) is 1.76. The molecule has 28 heavy (non-hydrogen) atoms. The molecule has 1 aromatic heterocycles. The topological polar surface area (TPSA) is 88.6 Å². The van der Waals surface area contributed by atoms with Crippen LogP contribution in [0.25, 0.3) is 0 Å². The van der Waals surface area contributed by atoms with Crippen LogP contribution >= 0.6 is 0 Å². The second-order valence-electron chi connectivity index (χ2n) is 6.97. The third-order valence-electron chi connectivity index (χ3n) is 4.78. The maximum absolute atomic E-state index is 12.3. The predicted octanol–water partition coefficient (Wildman–Crippen LogP) is 1.75. The zero-order valence-electron chi connectivity index (χ0n) is 16.0. The minimum Gasteiger partial charge on any atom is -0.485 e. The second kappa shape index (κ2) is 8.33. The maximum Gasteiger partial charge on any atom is 0.264 e. The summed E-state index contributed by atoms with van der Waals surface area (Å²) in [4.78, 5) is 23.6. The van der Waals surface area contributed by atoms with Gasteiger partial charge < -0.3 is 25.0 Å². The summed E-state index contributed by atoms with van der Waals surface area (Å²) in [5, 5.41) is 6.05. The molecule has 148 valence electrons. The van der Waals surface area contributed by atoms with Gasteiger partial charge in [-0.1, -0.05) is 12.1 Å². The van der Waals surface area contributed by atoms with E-state index < -0.39 is 6.10 Å². The zero-order chi connectivity index (χ0) is 19.3. The van der Waals surface area contributed by atoms with Gasteiger partial charge in [-0.25, -0.2) is 4.98 Å². The van der Waals surface area contributed by atoms with Crippen LogP contribution < -0.4 is 25.0 Å². The van der Waals surface area contributed by atoms with Crippen molar-refractivity contribution in [3.8, 4) is 11.5 Å². The average Bonchev–Trinajstić information content (AvgIpc) is 3.25. The molecule has 0 radical (unpaired) electrons. The molecule has 3 heterocycles. The first kappa shape index (κ1) is 18.3. The number of nitrogens with zero attached hydrogens (tertiary/aromatic N) is 3. The van der Waals surface area contributed by atoms with E-state index in [1.165, 1.54) is 12.8 Å². The Kier molecular flexibility index (Phi) is 5.45. The van der Waals surface area contributed by atoms with Crippen LogP contribution in [-0.4, -0.2) is 54.8 Å². The summed E-state index contributed by atoms with van der Waals surface area (Å²) >= 11 is 0. The number of nitrogens with one attached hydrogen (secondary N) is 2. The Bertz CT molecular complexity index is 838. The van der Waals surface area contributed by atoms with Gasteiger partial charge in [-0.15, -0.1) is 0 Å². The van der Waals surface area contributed by atoms with Crippen molar-refractivity contribution in [1.29, 1.82) is 0 Å². The molecular weight excluding hydrogens is 358 g/mol. The van der Waals surface area contributed by atoms with Gasteiger partial charge in [0.15, 0.2) is 11.5 Å². The third-order valence-corrected chi connectivity index (χ3v) is 4.78. The third kappa shape index (κ3) is 4.27. The highest BCUT2D eigenvalue weighted by Crippen LogP contribution is 2.30. The zero-order valence-corrected chi connectivity index (χ0v) is 16.0. The summed E-state index contributed by atoms with van der Waals surface area (Å²) in [6.45, 7) is 5.22. The number of amides is 1. The Morgan fingerprint density at radius 2 is 1.96 bits per heavy atom. The summed E-state index contributed by atoms with van der Waals surface area (Å²) < 4.78 is 11.3. The van der Waals surface area contributed by atoms with E-state index >= 15 is 0 Å². The van der Waals surface area contributed by atoms with Crippen molar-refractivity contribution in [2.24, 2.45) is 0 Å². The van der Waals surface area contributed by atoms with E-state index in [0.717, 1.165) is 24.6 Å². The lowest BCUT2D eigenvalue weighted by Gasteiger charge is -2.25. The number of aromatic nitrogens is 2. The summed E-state index contributed by atoms with van der Waals surface area (Å²) in [7, 11) is 0. The Morgan fingerprint density at radius 1 is 1.18 bits per heavy atom. The number of rotatable bonds is 6. The number of carbonyl (C=O) groups is 1. The van der Waals surface area contributed by atoms with Crippen LogP contribution in [0.2, 0.25) is 0 Å². The van der Waals surface area contributed by atoms with Crippen LogP contribution in [0.1, 0.15) is 18.5 Å². The van der Waals surface area contributed by atoms with Crippen molar-refractivity contribution in [2.75, 3.05) is 43.0 Å². The fraction of sp³-hybridized carbons (Fsp3) is 0.450. The summed E-state index contributed by atoms with van der Waals surface area (Å²) in [5.41, 5.74) is 0.926. The number of benzene rings is 1. The number of carbonyl (C=O) groups excluding carboxylic acids is 1. The molecule has 1 atom stereocenters. The number of hydrogen-bond acceptors (Lipinski definition) is 7. The first-order valence-corrected chi connectivity index (χ1v) is 9.70. The van der Waals surface area contributed by atoms with Gasteiger partial charge in [0.2, 0.25) is 12.1 Å². The highest BCUT2D eigenvalue weighted by atomic mass is 16.6. The summed E-state index contributed by atoms with van der Waals surface area (Å²) in [5.74, 6) is 2.61. The van der Waals surface area contributed by atoms with Crippen LogP contribution in [0.4, 0.5) is 11.8 Å². The summed E-state index contributed by atoms with van der Waals surface area (Å²) in [6, 6.07) is 9.35. The van der Waals surface area contributed by atoms with E-state index in [4.69, 9.17) is 9.47 Å². The first-order valence-electron chi connectivity index (χ1n) is 9.70. The van der Waals surface area contributed by atoms with E-state index in [2.05, 4.69) is 25.5 Å². The predicted molar refractivity (Wildman–Crippen MR) is 106 cm³/mol. The number of fused-ring (bicyclic) bond motifs is 1. The van der Waals surface area contributed by atoms with Gasteiger partial charge in [0.25, 0.3) is 5.91 Å². The Balaban J connectivity index is 1.25. The Labute approximate surface area is 164 Å². The molecule has 0 bridgehead atoms. The van der Waals surface area contributed by atoms with E-state index in [-0.39, 0.29) is 12.5 Å². The van der Waals surface area contributed by atoms with Gasteiger partial charge in [-0.3, -0.25) is 4.79 Å². The molecule has 0 saturated carbocycles. The number of anilines is 2. The normalized spacial score (nSPS) is 18.0. The van der Waals surface area contributed by atoms with E-state index in [1.807, 2.05) is 31.2 Å². The molecule has 1 fully saturated rings. The van der Waals surface area contributed by atoms with Crippen LogP contribution in [0.3, 0.4) is 0 Å². The van der Waals surface area contributed by atoms with Crippen molar-refractivity contribution < 1.29 is 14.3 Å². The van der Waals surface area contributed by atoms with Crippen molar-refractivity contribution >= 4 is 17.7 Å². The van der Waals surface area contributed by atoms with Crippen LogP contribution in [0, 0.1) is 6.92 Å². The van der Waals surface area contributed by atoms with Gasteiger partial charge in [0.05, 0.1) is 0 Å². The highest BCUT2D eigenvalue weighted by Gasteiger charge is 2.26. The fourth-order valence-electron chi connectivity index (χ4n) is 3.36. The Hall–Kier alpha value is -3.03. The van der Waals surface area contributed by atoms with Gasteiger partial charge in [0.1, 0.15) is 12.4 Å². The lowest BCUT2D eigenvalue weighted by atomic mass is 10.2. The van der Waals surface area contributed by atoms with Crippen molar-refractivity contribution in [3.05, 3.63) is 36.0 Å². The van der Waals surface area contributed by atoms with Gasteiger partial charge >= 0.3 is 0 Å². The van der Waals surface area contributed by atoms with E-state index in [1.54, 1.807) is 6.07 Å². The number of hydrogen-bond donors (Lipinski definition) is 2. The van der Waals surface area contributed by atoms with Crippen molar-refractivity contribution in [3.63, 3.8) is 0 Å². The smallest absolute Gasteiger partial charge is 0.264 e. The quantitative estimate of drug-likeness (QED) is 0.735. The molecule has 2 aliphatic rings. The average molecular weight is 383 g/mol. The SMILES string of the molecule is Cc1cc(N2CCCC2)nc(NCCNC(=O)C2COc3ccccc3O2)n1. The molecule has 2 aromatic rings. The number of aryl methyl sites for hydroxylation is 1. The molecule has 0 spiro atoms. The van der Waals surface area contributed by atoms with Crippen molar-refractivity contribution in [2.45, 2.75) is 25.9 Å². The minimum absolute atomic E-state index is 0.195. The molecule has 1 amide bonds. The molecule has 1 aromatic carbocycles. The molecule has 2 N–H and O–H groups in total. The molecule has 2 aliphatic heterocycles. The lowest BCUT2D eigenvalue weighted by Crippen LogP contribution is -2.45. The van der Waals surface area contributed by atoms with Crippen LogP contribution in [-0.2, 0) is 4.79 Å². The second-order valence-corrected chi connectivity index (χ2v) is 6.97. The minimum atomic E-state index is -0.646. The van der Waals surface area contributed by atoms with E-state index in [9.17, 15) is 4.79 Å². The lowest BCUT2D eigenvalue weighted by molar-refractivity contribution is -0.130. The van der Waals surface area contributed by atoms with Crippen molar-refractivity contribution in [1.82, 2.24) is 15.3 Å². The largest absolute Gasteiger partial charge is 0.485 e. The highest BCUT2D eigenvalue weighted by molar-refractivity contribution is 5.81. The molecule has 0 aliphatic carbocycles. The number of ether oxygens (including phenoxy) is 2. The monoisotopic (exact) mass is 383 g/mol. The maximum atomic E-state index is 12.3. The van der Waals surface area contributed by atoms with E-state index in [0.29, 0.717) is 30.5 Å².